The molecule has 1 heterocycles. The van der Waals surface area contributed by atoms with Crippen molar-refractivity contribution in [1.29, 1.82) is 0 Å². The second-order valence-corrected chi connectivity index (χ2v) is 4.94. The molecule has 0 bridgehead atoms. The number of nitrogens with zero attached hydrogens (tertiary/aromatic N) is 3. The molecule has 1 unspecified atom stereocenters. The smallest absolute Gasteiger partial charge is 0.269 e. The maximum absolute atomic E-state index is 11.9. The van der Waals surface area contributed by atoms with Crippen LogP contribution < -0.4 is 4.90 Å². The molecule has 102 valence electrons. The Hall–Kier alpha value is -2.11. The van der Waals surface area contributed by atoms with Crippen molar-refractivity contribution in [2.75, 3.05) is 32.1 Å². The Morgan fingerprint density at radius 1 is 1.37 bits per heavy atom. The number of rotatable bonds is 3. The molecule has 1 saturated heterocycles. The minimum absolute atomic E-state index is 0.0187. The SMILES string of the molecule is CN(C)C(=O)C1CCN(c2ccc([N+](=O)[O-])cc2)C1. The molecule has 0 spiro atoms. The second-order valence-electron chi connectivity index (χ2n) is 4.94. The van der Waals surface area contributed by atoms with Crippen LogP contribution in [0.5, 0.6) is 0 Å². The Morgan fingerprint density at radius 3 is 2.53 bits per heavy atom. The van der Waals surface area contributed by atoms with E-state index >= 15 is 0 Å². The maximum Gasteiger partial charge on any atom is 0.269 e. The Balaban J connectivity index is 2.04. The first-order chi connectivity index (χ1) is 8.99. The molecule has 0 saturated carbocycles. The fourth-order valence-corrected chi connectivity index (χ4v) is 2.35. The van der Waals surface area contributed by atoms with E-state index in [1.54, 1.807) is 31.1 Å². The Bertz CT molecular complexity index is 484. The zero-order chi connectivity index (χ0) is 14.0. The van der Waals surface area contributed by atoms with Gasteiger partial charge in [-0.15, -0.1) is 0 Å². The molecule has 1 aliphatic heterocycles. The molecule has 1 aromatic carbocycles. The molecular formula is C13H17N3O3. The van der Waals surface area contributed by atoms with Crippen LogP contribution in [-0.2, 0) is 4.79 Å². The number of anilines is 1. The molecule has 0 aliphatic carbocycles. The summed E-state index contributed by atoms with van der Waals surface area (Å²) in [5.41, 5.74) is 1.02. The van der Waals surface area contributed by atoms with E-state index in [0.29, 0.717) is 6.54 Å². The lowest BCUT2D eigenvalue weighted by Crippen LogP contribution is -2.31. The van der Waals surface area contributed by atoms with Gasteiger partial charge in [-0.2, -0.15) is 0 Å². The van der Waals surface area contributed by atoms with Gasteiger partial charge in [0.15, 0.2) is 0 Å². The van der Waals surface area contributed by atoms with Crippen LogP contribution in [-0.4, -0.2) is 42.9 Å². The summed E-state index contributed by atoms with van der Waals surface area (Å²) >= 11 is 0. The number of non-ortho nitro benzene ring substituents is 1. The first-order valence-electron chi connectivity index (χ1n) is 6.19. The van der Waals surface area contributed by atoms with Crippen LogP contribution in [0.15, 0.2) is 24.3 Å². The van der Waals surface area contributed by atoms with Crippen molar-refractivity contribution in [2.24, 2.45) is 5.92 Å². The Kier molecular flexibility index (Phi) is 3.69. The lowest BCUT2D eigenvalue weighted by atomic mass is 10.1. The van der Waals surface area contributed by atoms with Crippen LogP contribution in [0.2, 0.25) is 0 Å². The van der Waals surface area contributed by atoms with Crippen LogP contribution in [0.25, 0.3) is 0 Å². The van der Waals surface area contributed by atoms with E-state index in [4.69, 9.17) is 0 Å². The van der Waals surface area contributed by atoms with E-state index in [0.717, 1.165) is 18.7 Å². The number of nitro groups is 1. The van der Waals surface area contributed by atoms with Crippen LogP contribution in [0.4, 0.5) is 11.4 Å². The van der Waals surface area contributed by atoms with E-state index in [-0.39, 0.29) is 17.5 Å². The van der Waals surface area contributed by atoms with Gasteiger partial charge in [-0.3, -0.25) is 14.9 Å². The number of carbonyl (C=O) groups is 1. The third-order valence-corrected chi connectivity index (χ3v) is 3.40. The highest BCUT2D eigenvalue weighted by molar-refractivity contribution is 5.79. The van der Waals surface area contributed by atoms with Gasteiger partial charge in [-0.1, -0.05) is 0 Å². The fraction of sp³-hybridized carbons (Fsp3) is 0.462. The van der Waals surface area contributed by atoms with Crippen LogP contribution in [0.3, 0.4) is 0 Å². The van der Waals surface area contributed by atoms with Gasteiger partial charge in [0.25, 0.3) is 5.69 Å². The number of hydrogen-bond acceptors (Lipinski definition) is 4. The van der Waals surface area contributed by atoms with Crippen molar-refractivity contribution in [3.05, 3.63) is 34.4 Å². The van der Waals surface area contributed by atoms with E-state index < -0.39 is 4.92 Å². The summed E-state index contributed by atoms with van der Waals surface area (Å²) in [4.78, 5) is 25.8. The topological polar surface area (TPSA) is 66.7 Å². The van der Waals surface area contributed by atoms with Gasteiger partial charge in [0.05, 0.1) is 10.8 Å². The number of hydrogen-bond donors (Lipinski definition) is 0. The maximum atomic E-state index is 11.9. The van der Waals surface area contributed by atoms with Gasteiger partial charge in [-0.25, -0.2) is 0 Å². The van der Waals surface area contributed by atoms with E-state index in [9.17, 15) is 14.9 Å². The predicted molar refractivity (Wildman–Crippen MR) is 72.1 cm³/mol. The lowest BCUT2D eigenvalue weighted by molar-refractivity contribution is -0.384. The third kappa shape index (κ3) is 2.83. The fourth-order valence-electron chi connectivity index (χ4n) is 2.35. The molecule has 0 aromatic heterocycles. The van der Waals surface area contributed by atoms with E-state index in [1.165, 1.54) is 12.1 Å². The third-order valence-electron chi connectivity index (χ3n) is 3.40. The van der Waals surface area contributed by atoms with Crippen molar-refractivity contribution in [3.8, 4) is 0 Å². The van der Waals surface area contributed by atoms with Gasteiger partial charge in [-0.05, 0) is 18.6 Å². The average Bonchev–Trinajstić information content (AvgIpc) is 2.87. The number of nitro benzene ring substituents is 1. The summed E-state index contributed by atoms with van der Waals surface area (Å²) < 4.78 is 0. The molecule has 1 amide bonds. The van der Waals surface area contributed by atoms with E-state index in [2.05, 4.69) is 4.90 Å². The number of carbonyl (C=O) groups excluding carboxylic acids is 1. The van der Waals surface area contributed by atoms with Crippen molar-refractivity contribution >= 4 is 17.3 Å². The van der Waals surface area contributed by atoms with Gasteiger partial charge in [0, 0.05) is 45.0 Å². The van der Waals surface area contributed by atoms with Crippen LogP contribution >= 0.6 is 0 Å². The van der Waals surface area contributed by atoms with Crippen molar-refractivity contribution in [1.82, 2.24) is 4.90 Å². The van der Waals surface area contributed by atoms with Gasteiger partial charge < -0.3 is 9.80 Å². The molecule has 6 nitrogen and oxygen atoms in total. The molecular weight excluding hydrogens is 246 g/mol. The summed E-state index contributed by atoms with van der Waals surface area (Å²) in [7, 11) is 3.52. The normalized spacial score (nSPS) is 18.4. The summed E-state index contributed by atoms with van der Waals surface area (Å²) in [6.45, 7) is 1.48. The molecule has 1 aromatic rings. The molecule has 2 rings (SSSR count). The molecule has 0 N–H and O–H groups in total. The second kappa shape index (κ2) is 5.26. The highest BCUT2D eigenvalue weighted by atomic mass is 16.6. The summed E-state index contributed by atoms with van der Waals surface area (Å²) in [5.74, 6) is 0.162. The van der Waals surface area contributed by atoms with Gasteiger partial charge in [0.2, 0.25) is 5.91 Å². The number of benzene rings is 1. The molecule has 1 aliphatic rings. The molecule has 6 heteroatoms. The molecule has 1 atom stereocenters. The first kappa shape index (κ1) is 13.3. The predicted octanol–water partition coefficient (Wildman–Crippen LogP) is 1.51. The minimum atomic E-state index is -0.411. The summed E-state index contributed by atoms with van der Waals surface area (Å²) in [6, 6.07) is 6.47. The molecule has 19 heavy (non-hydrogen) atoms. The average molecular weight is 263 g/mol. The largest absolute Gasteiger partial charge is 0.371 e. The lowest BCUT2D eigenvalue weighted by Gasteiger charge is -2.19. The van der Waals surface area contributed by atoms with Crippen molar-refractivity contribution in [3.63, 3.8) is 0 Å². The zero-order valence-electron chi connectivity index (χ0n) is 11.1. The quantitative estimate of drug-likeness (QED) is 0.612. The molecule has 0 radical (unpaired) electrons. The van der Waals surface area contributed by atoms with Gasteiger partial charge >= 0.3 is 0 Å². The zero-order valence-corrected chi connectivity index (χ0v) is 11.1. The van der Waals surface area contributed by atoms with Crippen LogP contribution in [0, 0.1) is 16.0 Å². The van der Waals surface area contributed by atoms with Crippen molar-refractivity contribution in [2.45, 2.75) is 6.42 Å². The van der Waals surface area contributed by atoms with Crippen molar-refractivity contribution < 1.29 is 9.72 Å². The monoisotopic (exact) mass is 263 g/mol. The van der Waals surface area contributed by atoms with E-state index in [1.807, 2.05) is 0 Å². The van der Waals surface area contributed by atoms with Crippen LogP contribution in [0.1, 0.15) is 6.42 Å². The van der Waals surface area contributed by atoms with Gasteiger partial charge in [0.1, 0.15) is 0 Å². The number of amides is 1. The standard InChI is InChI=1S/C13H17N3O3/c1-14(2)13(17)10-7-8-15(9-10)11-3-5-12(6-4-11)16(18)19/h3-6,10H,7-9H2,1-2H3. The summed E-state index contributed by atoms with van der Waals surface area (Å²) in [6.07, 6.45) is 0.827. The first-order valence-corrected chi connectivity index (χ1v) is 6.19. The highest BCUT2D eigenvalue weighted by Gasteiger charge is 2.29. The summed E-state index contributed by atoms with van der Waals surface area (Å²) in [5, 5.41) is 10.6. The Morgan fingerprint density at radius 2 is 2.00 bits per heavy atom. The molecule has 1 fully saturated rings. The highest BCUT2D eigenvalue weighted by Crippen LogP contribution is 2.26. The minimum Gasteiger partial charge on any atom is -0.371 e. The Labute approximate surface area is 111 Å².